The summed E-state index contributed by atoms with van der Waals surface area (Å²) in [6, 6.07) is 11.8. The molecule has 1 aliphatic carbocycles. The lowest BCUT2D eigenvalue weighted by Crippen LogP contribution is -2.39. The first-order valence-corrected chi connectivity index (χ1v) is 13.3. The summed E-state index contributed by atoms with van der Waals surface area (Å²) in [6.45, 7) is -0.0752. The smallest absolute Gasteiger partial charge is 0.234 e. The third-order valence-electron chi connectivity index (χ3n) is 5.52. The monoisotopic (exact) mass is 486 g/mol. The van der Waals surface area contributed by atoms with E-state index in [4.69, 9.17) is 5.26 Å². The second-order valence-corrected chi connectivity index (χ2v) is 10.9. The van der Waals surface area contributed by atoms with Gasteiger partial charge in [-0.05, 0) is 55.2 Å². The predicted octanol–water partition coefficient (Wildman–Crippen LogP) is 3.03. The number of rotatable bonds is 9. The number of carbonyl (C=O) groups excluding carboxylic acids is 2. The Bertz CT molecular complexity index is 1100. The number of carbonyl (C=O) groups is 2. The number of amides is 2. The van der Waals surface area contributed by atoms with Gasteiger partial charge in [-0.15, -0.1) is 11.8 Å². The van der Waals surface area contributed by atoms with Crippen LogP contribution in [0, 0.1) is 23.2 Å². The number of nitrogens with zero attached hydrogens (tertiary/aromatic N) is 2. The minimum absolute atomic E-state index is 0.0752. The molecule has 8 nitrogen and oxygen atoms in total. The average molecular weight is 487 g/mol. The normalized spacial score (nSPS) is 18.2. The fraction of sp³-hybridized carbons (Fsp3) is 0.391. The van der Waals surface area contributed by atoms with Gasteiger partial charge in [-0.3, -0.25) is 14.6 Å². The number of nitrogens with one attached hydrogen (secondary N) is 2. The molecule has 3 rings (SSSR count). The first-order valence-electron chi connectivity index (χ1n) is 10.7. The highest BCUT2D eigenvalue weighted by Gasteiger charge is 2.34. The summed E-state index contributed by atoms with van der Waals surface area (Å²) in [5.41, 5.74) is 0.617. The maximum absolute atomic E-state index is 13.0. The Balaban J connectivity index is 1.57. The number of hydrogen-bond donors (Lipinski definition) is 2. The molecule has 2 N–H and O–H groups in total. The number of thioether (sulfide) groups is 1. The summed E-state index contributed by atoms with van der Waals surface area (Å²) in [5, 5.41) is 14.0. The van der Waals surface area contributed by atoms with Gasteiger partial charge in [-0.1, -0.05) is 12.8 Å². The molecule has 0 aliphatic heterocycles. The van der Waals surface area contributed by atoms with E-state index in [9.17, 15) is 18.0 Å². The highest BCUT2D eigenvalue weighted by molar-refractivity contribution is 8.00. The van der Waals surface area contributed by atoms with Crippen LogP contribution < -0.4 is 10.6 Å². The van der Waals surface area contributed by atoms with E-state index in [0.717, 1.165) is 17.7 Å². The molecule has 1 saturated carbocycles. The Hall–Kier alpha value is -2.90. The molecule has 1 aromatic carbocycles. The Labute approximate surface area is 198 Å². The number of sulfone groups is 1. The third kappa shape index (κ3) is 7.30. The summed E-state index contributed by atoms with van der Waals surface area (Å²) in [4.78, 5) is 29.4. The van der Waals surface area contributed by atoms with Gasteiger partial charge in [0, 0.05) is 17.0 Å². The molecule has 174 valence electrons. The first-order chi connectivity index (χ1) is 15.9. The number of aromatic nitrogens is 1. The number of hydrogen-bond acceptors (Lipinski definition) is 7. The van der Waals surface area contributed by atoms with E-state index >= 15 is 0 Å². The first kappa shape index (κ1) is 24.7. The topological polar surface area (TPSA) is 129 Å². The van der Waals surface area contributed by atoms with Gasteiger partial charge < -0.3 is 10.6 Å². The second-order valence-electron chi connectivity index (χ2n) is 7.86. The molecular formula is C23H26N4O4S2. The van der Waals surface area contributed by atoms with E-state index in [2.05, 4.69) is 15.6 Å². The number of pyridine rings is 1. The molecule has 1 aliphatic rings. The van der Waals surface area contributed by atoms with Crippen LogP contribution in [0.3, 0.4) is 0 Å². The number of nitriles is 1. The van der Waals surface area contributed by atoms with E-state index in [1.54, 1.807) is 48.8 Å². The minimum atomic E-state index is -3.58. The fourth-order valence-corrected chi connectivity index (χ4v) is 6.32. The van der Waals surface area contributed by atoms with Gasteiger partial charge in [0.15, 0.2) is 9.84 Å². The van der Waals surface area contributed by atoms with Gasteiger partial charge in [0.25, 0.3) is 0 Å². The van der Waals surface area contributed by atoms with Crippen LogP contribution in [0.25, 0.3) is 0 Å². The molecule has 1 fully saturated rings. The predicted molar refractivity (Wildman–Crippen MR) is 126 cm³/mol. The molecule has 2 aromatic rings. The molecule has 1 aromatic heterocycles. The zero-order valence-electron chi connectivity index (χ0n) is 18.1. The van der Waals surface area contributed by atoms with Gasteiger partial charge in [0.2, 0.25) is 11.8 Å². The molecule has 1 heterocycles. The van der Waals surface area contributed by atoms with Crippen molar-refractivity contribution in [3.05, 3.63) is 48.8 Å². The van der Waals surface area contributed by atoms with Crippen LogP contribution >= 0.6 is 11.8 Å². The molecule has 10 heteroatoms. The SMILES string of the molecule is N#CCNC(=O)C1CCCCC1CS(=O)(=O)c1ccc(SCC(=O)Nc2cccnc2)cc1. The maximum atomic E-state index is 13.0. The molecule has 33 heavy (non-hydrogen) atoms. The van der Waals surface area contributed by atoms with Crippen LogP contribution in [-0.4, -0.2) is 43.3 Å². The lowest BCUT2D eigenvalue weighted by Gasteiger charge is -2.30. The standard InChI is InChI=1S/C23H26N4O4S2/c24-11-13-26-23(29)21-6-2-1-4-17(21)16-33(30,31)20-9-7-19(8-10-20)32-15-22(28)27-18-5-3-12-25-14-18/h3,5,7-10,12,14,17,21H,1-2,4,6,13,15-16H2,(H,26,29)(H,27,28). The summed E-state index contributed by atoms with van der Waals surface area (Å²) < 4.78 is 26.0. The van der Waals surface area contributed by atoms with Crippen LogP contribution in [0.4, 0.5) is 5.69 Å². The summed E-state index contributed by atoms with van der Waals surface area (Å²) in [7, 11) is -3.58. The van der Waals surface area contributed by atoms with E-state index in [1.807, 2.05) is 6.07 Å². The maximum Gasteiger partial charge on any atom is 0.234 e. The quantitative estimate of drug-likeness (QED) is 0.412. The Morgan fingerprint density at radius 2 is 1.91 bits per heavy atom. The van der Waals surface area contributed by atoms with Crippen molar-refractivity contribution in [3.8, 4) is 6.07 Å². The average Bonchev–Trinajstić information content (AvgIpc) is 2.82. The van der Waals surface area contributed by atoms with E-state index in [-0.39, 0.29) is 40.7 Å². The van der Waals surface area contributed by atoms with Crippen molar-refractivity contribution in [3.63, 3.8) is 0 Å². The van der Waals surface area contributed by atoms with Gasteiger partial charge in [0.05, 0.1) is 34.4 Å². The molecule has 0 spiro atoms. The van der Waals surface area contributed by atoms with Gasteiger partial charge in [-0.25, -0.2) is 8.42 Å². The molecule has 0 radical (unpaired) electrons. The van der Waals surface area contributed by atoms with Crippen molar-refractivity contribution in [2.24, 2.45) is 11.8 Å². The van der Waals surface area contributed by atoms with Gasteiger partial charge >= 0.3 is 0 Å². The van der Waals surface area contributed by atoms with Crippen molar-refractivity contribution in [1.82, 2.24) is 10.3 Å². The summed E-state index contributed by atoms with van der Waals surface area (Å²) in [5.74, 6) is -1.00. The van der Waals surface area contributed by atoms with Crippen LogP contribution in [0.1, 0.15) is 25.7 Å². The van der Waals surface area contributed by atoms with Crippen LogP contribution in [0.5, 0.6) is 0 Å². The minimum Gasteiger partial charge on any atom is -0.343 e. The van der Waals surface area contributed by atoms with E-state index in [1.165, 1.54) is 11.8 Å². The van der Waals surface area contributed by atoms with Crippen LogP contribution in [0.2, 0.25) is 0 Å². The van der Waals surface area contributed by atoms with Crippen molar-refractivity contribution in [2.75, 3.05) is 23.4 Å². The molecular weight excluding hydrogens is 460 g/mol. The number of benzene rings is 1. The van der Waals surface area contributed by atoms with Crippen molar-refractivity contribution >= 4 is 39.1 Å². The van der Waals surface area contributed by atoms with Crippen molar-refractivity contribution in [2.45, 2.75) is 35.5 Å². The van der Waals surface area contributed by atoms with Crippen LogP contribution in [0.15, 0.2) is 58.6 Å². The lowest BCUT2D eigenvalue weighted by atomic mass is 9.80. The third-order valence-corrected chi connectivity index (χ3v) is 8.39. The molecule has 2 atom stereocenters. The molecule has 2 unspecified atom stereocenters. The summed E-state index contributed by atoms with van der Waals surface area (Å²) in [6.07, 6.45) is 6.25. The molecule has 2 amide bonds. The van der Waals surface area contributed by atoms with Crippen molar-refractivity contribution in [1.29, 1.82) is 5.26 Å². The summed E-state index contributed by atoms with van der Waals surface area (Å²) >= 11 is 1.31. The largest absolute Gasteiger partial charge is 0.343 e. The van der Waals surface area contributed by atoms with E-state index in [0.29, 0.717) is 18.5 Å². The fourth-order valence-electron chi connectivity index (χ4n) is 3.91. The Morgan fingerprint density at radius 1 is 1.15 bits per heavy atom. The Morgan fingerprint density at radius 3 is 2.61 bits per heavy atom. The van der Waals surface area contributed by atoms with E-state index < -0.39 is 15.8 Å². The van der Waals surface area contributed by atoms with Crippen LogP contribution in [-0.2, 0) is 19.4 Å². The number of anilines is 1. The second kappa shape index (κ2) is 11.8. The zero-order chi connectivity index (χ0) is 23.7. The highest BCUT2D eigenvalue weighted by Crippen LogP contribution is 2.33. The van der Waals surface area contributed by atoms with Crippen molar-refractivity contribution < 1.29 is 18.0 Å². The molecule has 0 bridgehead atoms. The highest BCUT2D eigenvalue weighted by atomic mass is 32.2. The lowest BCUT2D eigenvalue weighted by molar-refractivity contribution is -0.127. The zero-order valence-corrected chi connectivity index (χ0v) is 19.7. The Kier molecular flexibility index (Phi) is 8.86. The molecule has 0 saturated heterocycles. The van der Waals surface area contributed by atoms with Gasteiger partial charge in [-0.2, -0.15) is 5.26 Å². The van der Waals surface area contributed by atoms with Gasteiger partial charge in [0.1, 0.15) is 6.54 Å².